The largest absolute Gasteiger partial charge is 0.336 e. The first kappa shape index (κ1) is 18.8. The molecule has 0 radical (unpaired) electrons. The summed E-state index contributed by atoms with van der Waals surface area (Å²) in [5, 5.41) is 0.523. The van der Waals surface area contributed by atoms with Gasteiger partial charge in [0.15, 0.2) is 0 Å². The van der Waals surface area contributed by atoms with Crippen LogP contribution < -0.4 is 5.73 Å². The molecule has 22 heavy (non-hydrogen) atoms. The number of hydrogen-bond donors (Lipinski definition) is 1. The monoisotopic (exact) mass is 363 g/mol. The Bertz CT molecular complexity index is 653. The van der Waals surface area contributed by atoms with E-state index in [1.165, 1.54) is 23.6 Å². The summed E-state index contributed by atoms with van der Waals surface area (Å²) in [6.45, 7) is 1.25. The number of thiazole rings is 1. The first-order valence-corrected chi connectivity index (χ1v) is 7.22. The third-order valence-electron chi connectivity index (χ3n) is 3.33. The molecule has 0 spiro atoms. The van der Waals surface area contributed by atoms with Crippen molar-refractivity contribution in [3.63, 3.8) is 0 Å². The zero-order valence-corrected chi connectivity index (χ0v) is 14.0. The summed E-state index contributed by atoms with van der Waals surface area (Å²) >= 11 is 1.21. The van der Waals surface area contributed by atoms with E-state index < -0.39 is 0 Å². The van der Waals surface area contributed by atoms with Crippen molar-refractivity contribution >= 4 is 42.1 Å². The number of likely N-dealkylation sites (tertiary alicyclic amines) is 1. The minimum atomic E-state index is -0.330. The van der Waals surface area contributed by atoms with Crippen LogP contribution in [0.5, 0.6) is 0 Å². The Balaban J connectivity index is 0.00000121. The van der Waals surface area contributed by atoms with Crippen molar-refractivity contribution in [3.05, 3.63) is 41.2 Å². The van der Waals surface area contributed by atoms with E-state index in [1.807, 2.05) is 0 Å². The van der Waals surface area contributed by atoms with E-state index in [2.05, 4.69) is 4.98 Å². The number of nitrogens with two attached hydrogens (primary N) is 1. The Kier molecular flexibility index (Phi) is 6.74. The molecule has 1 aromatic heterocycles. The molecule has 1 saturated heterocycles. The Labute approximate surface area is 144 Å². The quantitative estimate of drug-likeness (QED) is 0.891. The molecule has 2 heterocycles. The third kappa shape index (κ3) is 3.76. The minimum absolute atomic E-state index is 0. The van der Waals surface area contributed by atoms with Crippen molar-refractivity contribution in [1.29, 1.82) is 0 Å². The maximum absolute atomic E-state index is 13.7. The molecule has 0 saturated carbocycles. The SMILES string of the molecule is Cl.Cl.N[C@@H]1CCN(C(=O)c2cnc(-c3ccccc3F)s2)C1. The average Bonchev–Trinajstić information content (AvgIpc) is 3.07. The maximum Gasteiger partial charge on any atom is 0.265 e. The zero-order chi connectivity index (χ0) is 14.1. The molecule has 1 atom stereocenters. The van der Waals surface area contributed by atoms with Crippen LogP contribution in [-0.4, -0.2) is 34.9 Å². The lowest BCUT2D eigenvalue weighted by Crippen LogP contribution is -2.31. The van der Waals surface area contributed by atoms with Gasteiger partial charge in [-0.15, -0.1) is 36.2 Å². The van der Waals surface area contributed by atoms with Crippen molar-refractivity contribution < 1.29 is 9.18 Å². The van der Waals surface area contributed by atoms with Gasteiger partial charge in [0.25, 0.3) is 5.91 Å². The first-order valence-electron chi connectivity index (χ1n) is 6.41. The van der Waals surface area contributed by atoms with Gasteiger partial charge in [0, 0.05) is 24.7 Å². The molecule has 1 aliphatic heterocycles. The van der Waals surface area contributed by atoms with E-state index in [1.54, 1.807) is 23.1 Å². The van der Waals surface area contributed by atoms with E-state index in [9.17, 15) is 9.18 Å². The van der Waals surface area contributed by atoms with Crippen molar-refractivity contribution in [2.45, 2.75) is 12.5 Å². The Morgan fingerprint density at radius 1 is 1.36 bits per heavy atom. The smallest absolute Gasteiger partial charge is 0.265 e. The van der Waals surface area contributed by atoms with Crippen LogP contribution in [0.25, 0.3) is 10.6 Å². The second-order valence-corrected chi connectivity index (χ2v) is 5.84. The van der Waals surface area contributed by atoms with Crippen LogP contribution in [0.2, 0.25) is 0 Å². The first-order chi connectivity index (χ1) is 9.65. The van der Waals surface area contributed by atoms with Crippen molar-refractivity contribution in [2.75, 3.05) is 13.1 Å². The van der Waals surface area contributed by atoms with Crippen molar-refractivity contribution in [1.82, 2.24) is 9.88 Å². The van der Waals surface area contributed by atoms with Gasteiger partial charge in [0.05, 0.1) is 6.20 Å². The zero-order valence-electron chi connectivity index (χ0n) is 11.6. The number of benzene rings is 1. The lowest BCUT2D eigenvalue weighted by Gasteiger charge is -2.13. The van der Waals surface area contributed by atoms with Crippen LogP contribution in [0.4, 0.5) is 4.39 Å². The molecule has 1 amide bonds. The summed E-state index contributed by atoms with van der Waals surface area (Å²) in [6.07, 6.45) is 2.34. The fraction of sp³-hybridized carbons (Fsp3) is 0.286. The fourth-order valence-corrected chi connectivity index (χ4v) is 3.17. The summed E-state index contributed by atoms with van der Waals surface area (Å²) in [6, 6.07) is 6.48. The van der Waals surface area contributed by atoms with E-state index in [4.69, 9.17) is 5.73 Å². The molecular weight excluding hydrogens is 348 g/mol. The second-order valence-electron chi connectivity index (χ2n) is 4.81. The number of carbonyl (C=O) groups excluding carboxylic acids is 1. The Hall–Kier alpha value is -1.21. The van der Waals surface area contributed by atoms with Gasteiger partial charge in [0.2, 0.25) is 0 Å². The predicted molar refractivity (Wildman–Crippen MR) is 90.5 cm³/mol. The van der Waals surface area contributed by atoms with Crippen LogP contribution in [0.15, 0.2) is 30.5 Å². The summed E-state index contributed by atoms with van der Waals surface area (Å²) in [5.74, 6) is -0.401. The molecule has 1 aliphatic rings. The number of carbonyl (C=O) groups is 1. The fourth-order valence-electron chi connectivity index (χ4n) is 2.26. The molecular formula is C14H16Cl2FN3OS. The molecule has 4 nitrogen and oxygen atoms in total. The maximum atomic E-state index is 13.7. The number of aromatic nitrogens is 1. The predicted octanol–water partition coefficient (Wildman–Crippen LogP) is 2.97. The molecule has 120 valence electrons. The summed E-state index contributed by atoms with van der Waals surface area (Å²) in [5.41, 5.74) is 6.23. The number of hydrogen-bond acceptors (Lipinski definition) is 4. The van der Waals surface area contributed by atoms with Crippen LogP contribution in [0, 0.1) is 5.82 Å². The molecule has 1 aromatic carbocycles. The van der Waals surface area contributed by atoms with Crippen LogP contribution in [-0.2, 0) is 0 Å². The van der Waals surface area contributed by atoms with Gasteiger partial charge in [0.1, 0.15) is 15.7 Å². The average molecular weight is 364 g/mol. The lowest BCUT2D eigenvalue weighted by atomic mass is 10.2. The highest BCUT2D eigenvalue weighted by Crippen LogP contribution is 2.28. The van der Waals surface area contributed by atoms with Crippen molar-refractivity contribution in [3.8, 4) is 10.6 Å². The number of rotatable bonds is 2. The van der Waals surface area contributed by atoms with E-state index in [0.717, 1.165) is 6.42 Å². The van der Waals surface area contributed by atoms with Crippen LogP contribution >= 0.6 is 36.2 Å². The number of nitrogens with zero attached hydrogens (tertiary/aromatic N) is 2. The highest BCUT2D eigenvalue weighted by atomic mass is 35.5. The lowest BCUT2D eigenvalue weighted by molar-refractivity contribution is 0.0795. The van der Waals surface area contributed by atoms with Crippen LogP contribution in [0.1, 0.15) is 16.1 Å². The highest BCUT2D eigenvalue weighted by Gasteiger charge is 2.26. The van der Waals surface area contributed by atoms with Gasteiger partial charge in [-0.2, -0.15) is 0 Å². The van der Waals surface area contributed by atoms with Crippen molar-refractivity contribution in [2.24, 2.45) is 5.73 Å². The molecule has 0 aliphatic carbocycles. The van der Waals surface area contributed by atoms with Gasteiger partial charge in [-0.3, -0.25) is 4.79 Å². The minimum Gasteiger partial charge on any atom is -0.336 e. The highest BCUT2D eigenvalue weighted by molar-refractivity contribution is 7.16. The summed E-state index contributed by atoms with van der Waals surface area (Å²) < 4.78 is 13.7. The Morgan fingerprint density at radius 2 is 2.09 bits per heavy atom. The summed E-state index contributed by atoms with van der Waals surface area (Å²) in [7, 11) is 0. The number of halogens is 3. The van der Waals surface area contributed by atoms with Gasteiger partial charge in [-0.05, 0) is 18.6 Å². The van der Waals surface area contributed by atoms with Crippen LogP contribution in [0.3, 0.4) is 0 Å². The molecule has 3 rings (SSSR count). The van der Waals surface area contributed by atoms with E-state index in [0.29, 0.717) is 28.5 Å². The third-order valence-corrected chi connectivity index (χ3v) is 4.35. The normalized spacial score (nSPS) is 16.8. The van der Waals surface area contributed by atoms with Gasteiger partial charge in [-0.1, -0.05) is 12.1 Å². The molecule has 2 N–H and O–H groups in total. The topological polar surface area (TPSA) is 59.2 Å². The molecule has 8 heteroatoms. The standard InChI is InChI=1S/C14H14FN3OS.2ClH/c15-11-4-2-1-3-10(11)13-17-7-12(20-13)14(19)18-6-5-9(16)8-18;;/h1-4,7,9H,5-6,8,16H2;2*1H/t9-;;/m1../s1. The van der Waals surface area contributed by atoms with Gasteiger partial charge in [-0.25, -0.2) is 9.37 Å². The number of amides is 1. The second kappa shape index (κ2) is 7.87. The van der Waals surface area contributed by atoms with Gasteiger partial charge < -0.3 is 10.6 Å². The molecule has 0 unspecified atom stereocenters. The Morgan fingerprint density at radius 3 is 2.73 bits per heavy atom. The van der Waals surface area contributed by atoms with E-state index in [-0.39, 0.29) is 42.6 Å². The summed E-state index contributed by atoms with van der Waals surface area (Å²) in [4.78, 5) is 18.7. The van der Waals surface area contributed by atoms with E-state index >= 15 is 0 Å². The molecule has 2 aromatic rings. The molecule has 1 fully saturated rings. The van der Waals surface area contributed by atoms with Gasteiger partial charge >= 0.3 is 0 Å². The molecule has 0 bridgehead atoms.